The van der Waals surface area contributed by atoms with E-state index in [1.54, 1.807) is 4.90 Å². The molecule has 3 aromatic rings. The molecule has 4 rings (SSSR count). The molecule has 2 amide bonds. The first kappa shape index (κ1) is 16.1. The molecule has 1 aliphatic rings. The van der Waals surface area contributed by atoms with Crippen molar-refractivity contribution in [2.24, 2.45) is 0 Å². The third-order valence-corrected chi connectivity index (χ3v) is 4.20. The molecule has 0 spiro atoms. The maximum absolute atomic E-state index is 12.2. The lowest BCUT2D eigenvalue weighted by Crippen LogP contribution is -2.41. The number of pyridine rings is 1. The Kier molecular flexibility index (Phi) is 4.22. The zero-order valence-electron chi connectivity index (χ0n) is 14.0. The van der Waals surface area contributed by atoms with Gasteiger partial charge >= 0.3 is 0 Å². The lowest BCUT2D eigenvalue weighted by molar-refractivity contribution is -0.122. The average molecular weight is 351 g/mol. The van der Waals surface area contributed by atoms with Gasteiger partial charge in [0.05, 0.1) is 12.2 Å². The number of aromatic nitrogens is 3. The van der Waals surface area contributed by atoms with Gasteiger partial charge in [-0.3, -0.25) is 14.0 Å². The largest absolute Gasteiger partial charge is 0.482 e. The van der Waals surface area contributed by atoms with Crippen LogP contribution >= 0.6 is 0 Å². The minimum absolute atomic E-state index is 0.00956. The second-order valence-electron chi connectivity index (χ2n) is 5.87. The van der Waals surface area contributed by atoms with E-state index in [4.69, 9.17) is 4.74 Å². The van der Waals surface area contributed by atoms with E-state index in [0.717, 1.165) is 5.65 Å². The summed E-state index contributed by atoms with van der Waals surface area (Å²) in [6.45, 7) is 0.563. The van der Waals surface area contributed by atoms with Crippen LogP contribution in [0.15, 0.2) is 48.7 Å². The molecule has 0 saturated heterocycles. The van der Waals surface area contributed by atoms with Crippen LogP contribution in [-0.2, 0) is 16.1 Å². The minimum atomic E-state index is -0.158. The van der Waals surface area contributed by atoms with Gasteiger partial charge in [0, 0.05) is 19.2 Å². The van der Waals surface area contributed by atoms with Crippen LogP contribution in [0.2, 0.25) is 0 Å². The fraction of sp³-hybridized carbons (Fsp3) is 0.222. The van der Waals surface area contributed by atoms with Crippen molar-refractivity contribution in [1.82, 2.24) is 19.9 Å². The summed E-state index contributed by atoms with van der Waals surface area (Å²) in [5.41, 5.74) is 1.42. The predicted molar refractivity (Wildman–Crippen MR) is 93.7 cm³/mol. The second kappa shape index (κ2) is 6.83. The molecule has 0 aliphatic carbocycles. The van der Waals surface area contributed by atoms with E-state index in [9.17, 15) is 9.59 Å². The minimum Gasteiger partial charge on any atom is -0.482 e. The normalized spacial score (nSPS) is 13.4. The maximum Gasteiger partial charge on any atom is 0.265 e. The molecule has 0 radical (unpaired) electrons. The van der Waals surface area contributed by atoms with Crippen molar-refractivity contribution in [3.63, 3.8) is 0 Å². The zero-order valence-corrected chi connectivity index (χ0v) is 14.0. The first-order chi connectivity index (χ1) is 12.7. The van der Waals surface area contributed by atoms with E-state index in [-0.39, 0.29) is 31.4 Å². The summed E-state index contributed by atoms with van der Waals surface area (Å²) in [6, 6.07) is 12.9. The summed E-state index contributed by atoms with van der Waals surface area (Å²) >= 11 is 0. The Bertz CT molecular complexity index is 968. The van der Waals surface area contributed by atoms with Gasteiger partial charge < -0.3 is 15.0 Å². The van der Waals surface area contributed by atoms with Gasteiger partial charge in [-0.2, -0.15) is 0 Å². The van der Waals surface area contributed by atoms with Gasteiger partial charge in [0.15, 0.2) is 18.1 Å². The highest BCUT2D eigenvalue weighted by Gasteiger charge is 2.25. The predicted octanol–water partition coefficient (Wildman–Crippen LogP) is 1.16. The Morgan fingerprint density at radius 2 is 2.00 bits per heavy atom. The van der Waals surface area contributed by atoms with Crippen LogP contribution in [0, 0.1) is 0 Å². The number of rotatable bonds is 5. The molecule has 1 aromatic carbocycles. The summed E-state index contributed by atoms with van der Waals surface area (Å²) in [5, 5.41) is 10.9. The number of carbonyl (C=O) groups excluding carboxylic acids is 2. The third-order valence-electron chi connectivity index (χ3n) is 4.20. The van der Waals surface area contributed by atoms with Crippen LogP contribution in [0.25, 0.3) is 5.65 Å². The lowest BCUT2D eigenvalue weighted by Gasteiger charge is -2.29. The van der Waals surface area contributed by atoms with E-state index in [2.05, 4.69) is 15.5 Å². The van der Waals surface area contributed by atoms with E-state index >= 15 is 0 Å². The second-order valence-corrected chi connectivity index (χ2v) is 5.87. The van der Waals surface area contributed by atoms with Crippen molar-refractivity contribution in [3.8, 4) is 5.75 Å². The van der Waals surface area contributed by atoms with Crippen molar-refractivity contribution < 1.29 is 14.3 Å². The number of nitrogens with one attached hydrogen (secondary N) is 1. The summed E-state index contributed by atoms with van der Waals surface area (Å²) in [5.74, 6) is 0.999. The highest BCUT2D eigenvalue weighted by molar-refractivity contribution is 5.98. The first-order valence-electron chi connectivity index (χ1n) is 8.30. The van der Waals surface area contributed by atoms with Crippen molar-refractivity contribution >= 4 is 23.1 Å². The lowest BCUT2D eigenvalue weighted by atomic mass is 10.2. The number of nitrogens with zero attached hydrogens (tertiary/aromatic N) is 4. The van der Waals surface area contributed by atoms with Crippen molar-refractivity contribution in [2.75, 3.05) is 18.1 Å². The number of hydrogen-bond donors (Lipinski definition) is 1. The fourth-order valence-electron chi connectivity index (χ4n) is 2.89. The van der Waals surface area contributed by atoms with E-state index < -0.39 is 0 Å². The number of fused-ring (bicyclic) bond motifs is 2. The SMILES string of the molecule is O=C(CCN1C(=O)COc2ccccc21)NCc1nnc2ccccn12. The van der Waals surface area contributed by atoms with Crippen LogP contribution in [0.5, 0.6) is 5.75 Å². The van der Waals surface area contributed by atoms with Crippen LogP contribution in [-0.4, -0.2) is 39.6 Å². The standard InChI is InChI=1S/C18H17N5O3/c24-17(19-11-16-21-20-15-7-3-4-9-23(15)16)8-10-22-13-5-1-2-6-14(13)26-12-18(22)25/h1-7,9H,8,10-12H2,(H,19,24). The van der Waals surface area contributed by atoms with Gasteiger partial charge in [-0.15, -0.1) is 10.2 Å². The smallest absolute Gasteiger partial charge is 0.265 e. The maximum atomic E-state index is 12.2. The van der Waals surface area contributed by atoms with Crippen LogP contribution in [0.1, 0.15) is 12.2 Å². The van der Waals surface area contributed by atoms with Crippen molar-refractivity contribution in [2.45, 2.75) is 13.0 Å². The van der Waals surface area contributed by atoms with E-state index in [1.807, 2.05) is 53.1 Å². The highest BCUT2D eigenvalue weighted by atomic mass is 16.5. The Labute approximate surface area is 149 Å². The van der Waals surface area contributed by atoms with Gasteiger partial charge in [-0.1, -0.05) is 18.2 Å². The highest BCUT2D eigenvalue weighted by Crippen LogP contribution is 2.31. The number of hydrogen-bond acceptors (Lipinski definition) is 5. The summed E-state index contributed by atoms with van der Waals surface area (Å²) < 4.78 is 7.22. The zero-order chi connectivity index (χ0) is 17.9. The molecule has 0 atom stereocenters. The molecule has 8 heteroatoms. The quantitative estimate of drug-likeness (QED) is 0.745. The molecule has 2 aromatic heterocycles. The van der Waals surface area contributed by atoms with Crippen LogP contribution < -0.4 is 15.0 Å². The topological polar surface area (TPSA) is 88.8 Å². The Morgan fingerprint density at radius 3 is 2.92 bits per heavy atom. The summed E-state index contributed by atoms with van der Waals surface area (Å²) in [4.78, 5) is 25.9. The summed E-state index contributed by atoms with van der Waals surface area (Å²) in [7, 11) is 0. The Hall–Kier alpha value is -3.42. The molecule has 8 nitrogen and oxygen atoms in total. The number of anilines is 1. The van der Waals surface area contributed by atoms with Gasteiger partial charge in [-0.05, 0) is 24.3 Å². The molecule has 1 N–H and O–H groups in total. The number of amides is 2. The van der Waals surface area contributed by atoms with Crippen molar-refractivity contribution in [3.05, 3.63) is 54.5 Å². The molecule has 0 unspecified atom stereocenters. The van der Waals surface area contributed by atoms with Gasteiger partial charge in [0.1, 0.15) is 5.75 Å². The van der Waals surface area contributed by atoms with E-state index in [1.165, 1.54) is 0 Å². The molecule has 0 saturated carbocycles. The van der Waals surface area contributed by atoms with E-state index in [0.29, 0.717) is 23.8 Å². The number of ether oxygens (including phenoxy) is 1. The first-order valence-corrected chi connectivity index (χ1v) is 8.30. The number of benzene rings is 1. The molecule has 1 aliphatic heterocycles. The summed E-state index contributed by atoms with van der Waals surface area (Å²) in [6.07, 6.45) is 2.04. The molecular formula is C18H17N5O3. The molecule has 0 fully saturated rings. The number of para-hydroxylation sites is 2. The average Bonchev–Trinajstić information content (AvgIpc) is 3.09. The Morgan fingerprint density at radius 1 is 1.15 bits per heavy atom. The third kappa shape index (κ3) is 3.08. The molecule has 0 bridgehead atoms. The molecule has 132 valence electrons. The van der Waals surface area contributed by atoms with Gasteiger partial charge in [0.2, 0.25) is 5.91 Å². The molecule has 26 heavy (non-hydrogen) atoms. The van der Waals surface area contributed by atoms with Gasteiger partial charge in [0.25, 0.3) is 5.91 Å². The molecule has 3 heterocycles. The number of carbonyl (C=O) groups is 2. The van der Waals surface area contributed by atoms with Crippen LogP contribution in [0.3, 0.4) is 0 Å². The monoisotopic (exact) mass is 351 g/mol. The van der Waals surface area contributed by atoms with Crippen molar-refractivity contribution in [1.29, 1.82) is 0 Å². The van der Waals surface area contributed by atoms with Gasteiger partial charge in [-0.25, -0.2) is 0 Å². The molecular weight excluding hydrogens is 334 g/mol. The Balaban J connectivity index is 1.36. The van der Waals surface area contributed by atoms with Crippen LogP contribution in [0.4, 0.5) is 5.69 Å². The fourth-order valence-corrected chi connectivity index (χ4v) is 2.89.